The zero-order chi connectivity index (χ0) is 23.3. The third-order valence-corrected chi connectivity index (χ3v) is 8.31. The number of aromatic nitrogens is 2. The van der Waals surface area contributed by atoms with Crippen molar-refractivity contribution in [3.8, 4) is 0 Å². The minimum absolute atomic E-state index is 0.0369. The Morgan fingerprint density at radius 3 is 2.53 bits per heavy atom. The van der Waals surface area contributed by atoms with E-state index >= 15 is 0 Å². The average Bonchev–Trinajstić information content (AvgIpc) is 3.19. The number of rotatable bonds is 9. The van der Waals surface area contributed by atoms with Crippen LogP contribution in [0.2, 0.25) is 10.0 Å². The lowest BCUT2D eigenvalue weighted by Gasteiger charge is -2.24. The third-order valence-electron chi connectivity index (χ3n) is 4.20. The Kier molecular flexibility index (Phi) is 8.40. The Labute approximate surface area is 205 Å². The first-order valence-electron chi connectivity index (χ1n) is 9.47. The predicted molar refractivity (Wildman–Crippen MR) is 133 cm³/mol. The Morgan fingerprint density at radius 2 is 1.88 bits per heavy atom. The van der Waals surface area contributed by atoms with Gasteiger partial charge in [-0.25, -0.2) is 8.42 Å². The number of carbonyl (C=O) groups is 1. The number of nitrogens with zero attached hydrogens (tertiary/aromatic N) is 3. The first-order chi connectivity index (χ1) is 15.2. The molecule has 0 atom stereocenters. The van der Waals surface area contributed by atoms with Crippen LogP contribution < -0.4 is 9.62 Å². The topological polar surface area (TPSA) is 92.3 Å². The van der Waals surface area contributed by atoms with E-state index in [0.29, 0.717) is 16.3 Å². The number of halogens is 2. The number of benzene rings is 2. The molecule has 0 aliphatic heterocycles. The Morgan fingerprint density at radius 1 is 1.16 bits per heavy atom. The van der Waals surface area contributed by atoms with E-state index in [0.717, 1.165) is 22.8 Å². The number of hydrogen-bond donors (Lipinski definition) is 1. The maximum Gasteiger partial charge on any atom is 0.257 e. The van der Waals surface area contributed by atoms with Gasteiger partial charge in [-0.05, 0) is 36.2 Å². The van der Waals surface area contributed by atoms with Crippen molar-refractivity contribution in [1.29, 1.82) is 0 Å². The molecule has 32 heavy (non-hydrogen) atoms. The molecule has 3 aromatic rings. The Bertz CT molecular complexity index is 1200. The smallest absolute Gasteiger partial charge is 0.257 e. The molecule has 170 valence electrons. The first-order valence-corrected chi connectivity index (χ1v) is 13.9. The van der Waals surface area contributed by atoms with Gasteiger partial charge < -0.3 is 0 Å². The zero-order valence-corrected chi connectivity index (χ0v) is 21.2. The van der Waals surface area contributed by atoms with E-state index in [4.69, 9.17) is 23.2 Å². The number of hydrogen-bond acceptors (Lipinski definition) is 7. The van der Waals surface area contributed by atoms with Crippen molar-refractivity contribution in [2.24, 2.45) is 0 Å². The minimum Gasteiger partial charge on any atom is -0.296 e. The van der Waals surface area contributed by atoms with Gasteiger partial charge in [0.1, 0.15) is 0 Å². The van der Waals surface area contributed by atoms with Crippen LogP contribution in [0.25, 0.3) is 0 Å². The largest absolute Gasteiger partial charge is 0.296 e. The lowest BCUT2D eigenvalue weighted by Crippen LogP contribution is -2.29. The standard InChI is InChI=1S/C20H20Cl2N4O3S3/c1-3-11-30-20-25-24-19(31-20)23-18(27)14-9-7-13(8-10-14)12-26(32(2,28)29)16-6-4-5-15(21)17(16)22/h4-10H,3,11-12H2,1-2H3,(H,23,24,27). The lowest BCUT2D eigenvalue weighted by molar-refractivity contribution is 0.102. The summed E-state index contributed by atoms with van der Waals surface area (Å²) in [5.74, 6) is 0.618. The predicted octanol–water partition coefficient (Wildman–Crippen LogP) is 5.57. The second-order valence-electron chi connectivity index (χ2n) is 6.72. The van der Waals surface area contributed by atoms with E-state index in [1.807, 2.05) is 0 Å². The van der Waals surface area contributed by atoms with Crippen LogP contribution in [-0.4, -0.2) is 36.5 Å². The summed E-state index contributed by atoms with van der Waals surface area (Å²) in [7, 11) is -3.63. The number of amides is 1. The van der Waals surface area contributed by atoms with Crippen LogP contribution in [0.1, 0.15) is 29.3 Å². The van der Waals surface area contributed by atoms with Crippen LogP contribution in [0.4, 0.5) is 10.8 Å². The number of nitrogens with one attached hydrogen (secondary N) is 1. The molecule has 1 N–H and O–H groups in total. The summed E-state index contributed by atoms with van der Waals surface area (Å²) in [6.45, 7) is 2.12. The molecule has 0 saturated heterocycles. The number of sulfonamides is 1. The van der Waals surface area contributed by atoms with Gasteiger partial charge in [0.2, 0.25) is 15.2 Å². The first kappa shape index (κ1) is 24.8. The molecule has 0 bridgehead atoms. The highest BCUT2D eigenvalue weighted by molar-refractivity contribution is 8.01. The Balaban J connectivity index is 1.73. The quantitative estimate of drug-likeness (QED) is 0.287. The minimum atomic E-state index is -3.63. The van der Waals surface area contributed by atoms with E-state index < -0.39 is 10.0 Å². The van der Waals surface area contributed by atoms with Crippen molar-refractivity contribution < 1.29 is 13.2 Å². The van der Waals surface area contributed by atoms with Gasteiger partial charge in [0, 0.05) is 11.3 Å². The molecular formula is C20H20Cl2N4O3S3. The van der Waals surface area contributed by atoms with E-state index in [1.165, 1.54) is 15.6 Å². The molecule has 0 fully saturated rings. The summed E-state index contributed by atoms with van der Waals surface area (Å²) >= 11 is 15.2. The molecule has 7 nitrogen and oxygen atoms in total. The monoisotopic (exact) mass is 530 g/mol. The molecule has 0 saturated carbocycles. The molecule has 0 spiro atoms. The van der Waals surface area contributed by atoms with Crippen molar-refractivity contribution >= 4 is 73.0 Å². The van der Waals surface area contributed by atoms with Crippen molar-refractivity contribution in [2.75, 3.05) is 21.6 Å². The molecule has 1 amide bonds. The SMILES string of the molecule is CCCSc1nnc(NC(=O)c2ccc(CN(c3cccc(Cl)c3Cl)S(C)(=O)=O)cc2)s1. The zero-order valence-electron chi connectivity index (χ0n) is 17.2. The molecule has 0 radical (unpaired) electrons. The fourth-order valence-electron chi connectivity index (χ4n) is 2.67. The molecule has 2 aromatic carbocycles. The van der Waals surface area contributed by atoms with Crippen LogP contribution in [-0.2, 0) is 16.6 Å². The normalized spacial score (nSPS) is 11.4. The highest BCUT2D eigenvalue weighted by Crippen LogP contribution is 2.34. The van der Waals surface area contributed by atoms with Gasteiger partial charge in [-0.3, -0.25) is 14.4 Å². The van der Waals surface area contributed by atoms with Gasteiger partial charge in [0.25, 0.3) is 5.91 Å². The second kappa shape index (κ2) is 10.8. The fraction of sp³-hybridized carbons (Fsp3) is 0.250. The highest BCUT2D eigenvalue weighted by atomic mass is 35.5. The summed E-state index contributed by atoms with van der Waals surface area (Å²) in [5, 5.41) is 11.6. The van der Waals surface area contributed by atoms with Gasteiger partial charge in [-0.1, -0.05) is 71.4 Å². The summed E-state index contributed by atoms with van der Waals surface area (Å²) in [6.07, 6.45) is 2.12. The van der Waals surface area contributed by atoms with Crippen LogP contribution in [0.15, 0.2) is 46.8 Å². The van der Waals surface area contributed by atoms with Gasteiger partial charge in [-0.15, -0.1) is 10.2 Å². The Hall–Kier alpha value is -1.85. The maximum atomic E-state index is 12.5. The molecule has 3 rings (SSSR count). The van der Waals surface area contributed by atoms with Crippen LogP contribution in [0.5, 0.6) is 0 Å². The summed E-state index contributed by atoms with van der Waals surface area (Å²) in [6, 6.07) is 11.4. The van der Waals surface area contributed by atoms with Gasteiger partial charge in [0.15, 0.2) is 4.34 Å². The molecule has 12 heteroatoms. The van der Waals surface area contributed by atoms with Crippen LogP contribution >= 0.6 is 46.3 Å². The summed E-state index contributed by atoms with van der Waals surface area (Å²) in [5.41, 5.74) is 1.38. The third kappa shape index (κ3) is 6.35. The summed E-state index contributed by atoms with van der Waals surface area (Å²) in [4.78, 5) is 12.5. The second-order valence-corrected chi connectivity index (χ2v) is 11.7. The van der Waals surface area contributed by atoms with E-state index in [1.54, 1.807) is 54.2 Å². The van der Waals surface area contributed by atoms with Gasteiger partial charge >= 0.3 is 0 Å². The summed E-state index contributed by atoms with van der Waals surface area (Å²) < 4.78 is 26.8. The van der Waals surface area contributed by atoms with Crippen molar-refractivity contribution in [3.63, 3.8) is 0 Å². The average molecular weight is 532 g/mol. The van der Waals surface area contributed by atoms with Gasteiger partial charge in [-0.2, -0.15) is 0 Å². The molecule has 1 aromatic heterocycles. The molecular weight excluding hydrogens is 511 g/mol. The number of carbonyl (C=O) groups excluding carboxylic acids is 1. The van der Waals surface area contributed by atoms with Crippen molar-refractivity contribution in [2.45, 2.75) is 24.2 Å². The molecule has 0 aliphatic rings. The molecule has 0 aliphatic carbocycles. The van der Waals surface area contributed by atoms with Crippen molar-refractivity contribution in [3.05, 3.63) is 63.6 Å². The number of anilines is 2. The van der Waals surface area contributed by atoms with Crippen LogP contribution in [0.3, 0.4) is 0 Å². The van der Waals surface area contributed by atoms with Crippen LogP contribution in [0, 0.1) is 0 Å². The van der Waals surface area contributed by atoms with E-state index in [2.05, 4.69) is 22.4 Å². The van der Waals surface area contributed by atoms with Crippen molar-refractivity contribution in [1.82, 2.24) is 10.2 Å². The van der Waals surface area contributed by atoms with E-state index in [9.17, 15) is 13.2 Å². The van der Waals surface area contributed by atoms with Gasteiger partial charge in [0.05, 0.1) is 28.5 Å². The molecule has 0 unspecified atom stereocenters. The maximum absolute atomic E-state index is 12.5. The molecule has 1 heterocycles. The number of thioether (sulfide) groups is 1. The van der Waals surface area contributed by atoms with E-state index in [-0.39, 0.29) is 28.2 Å². The highest BCUT2D eigenvalue weighted by Gasteiger charge is 2.22. The fourth-order valence-corrected chi connectivity index (χ4v) is 5.68. The lowest BCUT2D eigenvalue weighted by atomic mass is 10.1.